The van der Waals surface area contributed by atoms with Crippen LogP contribution in [0.1, 0.15) is 58.3 Å². The molecule has 0 aliphatic carbocycles. The lowest BCUT2D eigenvalue weighted by molar-refractivity contribution is -0.130. The minimum Gasteiger partial charge on any atom is -0.341 e. The summed E-state index contributed by atoms with van der Waals surface area (Å²) >= 11 is 0. The minimum atomic E-state index is 0.370. The molecule has 4 heteroatoms. The molecule has 2 saturated heterocycles. The summed E-state index contributed by atoms with van der Waals surface area (Å²) < 4.78 is 0. The molecule has 0 aromatic heterocycles. The van der Waals surface area contributed by atoms with E-state index in [9.17, 15) is 4.79 Å². The fourth-order valence-electron chi connectivity index (χ4n) is 3.94. The summed E-state index contributed by atoms with van der Waals surface area (Å²) in [4.78, 5) is 17.1. The highest BCUT2D eigenvalue weighted by atomic mass is 16.2. The van der Waals surface area contributed by atoms with Crippen LogP contribution in [0, 0.1) is 5.92 Å². The first kappa shape index (κ1) is 16.8. The van der Waals surface area contributed by atoms with E-state index in [1.54, 1.807) is 0 Å². The van der Waals surface area contributed by atoms with Crippen LogP contribution in [-0.4, -0.2) is 54.5 Å². The lowest BCUT2D eigenvalue weighted by atomic mass is 9.94. The van der Waals surface area contributed by atoms with Gasteiger partial charge in [0.05, 0.1) is 0 Å². The second-order valence-electron chi connectivity index (χ2n) is 6.80. The van der Waals surface area contributed by atoms with Gasteiger partial charge in [-0.05, 0) is 57.7 Å². The Morgan fingerprint density at radius 1 is 1.19 bits per heavy atom. The molecule has 0 spiro atoms. The predicted molar refractivity (Wildman–Crippen MR) is 87.1 cm³/mol. The maximum atomic E-state index is 12.4. The quantitative estimate of drug-likeness (QED) is 0.747. The zero-order valence-electron chi connectivity index (χ0n) is 13.7. The van der Waals surface area contributed by atoms with Gasteiger partial charge < -0.3 is 10.6 Å². The zero-order chi connectivity index (χ0) is 15.1. The third kappa shape index (κ3) is 4.96. The Labute approximate surface area is 130 Å². The largest absolute Gasteiger partial charge is 0.341 e. The van der Waals surface area contributed by atoms with Gasteiger partial charge in [-0.3, -0.25) is 9.69 Å². The monoisotopic (exact) mass is 295 g/mol. The number of likely N-dealkylation sites (tertiary alicyclic amines) is 2. The Hall–Kier alpha value is -0.610. The maximum absolute atomic E-state index is 12.4. The molecule has 0 radical (unpaired) electrons. The Morgan fingerprint density at radius 3 is 2.62 bits per heavy atom. The van der Waals surface area contributed by atoms with Gasteiger partial charge in [-0.25, -0.2) is 0 Å². The molecule has 2 rings (SSSR count). The van der Waals surface area contributed by atoms with Gasteiger partial charge in [0.2, 0.25) is 5.91 Å². The molecular weight excluding hydrogens is 262 g/mol. The Morgan fingerprint density at radius 2 is 1.95 bits per heavy atom. The van der Waals surface area contributed by atoms with E-state index >= 15 is 0 Å². The fourth-order valence-corrected chi connectivity index (χ4v) is 3.94. The summed E-state index contributed by atoms with van der Waals surface area (Å²) in [7, 11) is 0. The van der Waals surface area contributed by atoms with Crippen LogP contribution < -0.4 is 5.73 Å². The highest BCUT2D eigenvalue weighted by molar-refractivity contribution is 5.76. The molecule has 2 unspecified atom stereocenters. The normalized spacial score (nSPS) is 24.7. The Bertz CT molecular complexity index is 309. The van der Waals surface area contributed by atoms with Crippen molar-refractivity contribution in [2.45, 2.75) is 64.3 Å². The van der Waals surface area contributed by atoms with E-state index in [1.807, 2.05) is 0 Å². The van der Waals surface area contributed by atoms with Crippen molar-refractivity contribution < 1.29 is 4.79 Å². The zero-order valence-corrected chi connectivity index (χ0v) is 13.7. The van der Waals surface area contributed by atoms with Gasteiger partial charge in [-0.2, -0.15) is 0 Å². The summed E-state index contributed by atoms with van der Waals surface area (Å²) in [6.45, 7) is 7.37. The third-order valence-corrected chi connectivity index (χ3v) is 5.21. The van der Waals surface area contributed by atoms with Crippen molar-refractivity contribution in [1.82, 2.24) is 9.80 Å². The van der Waals surface area contributed by atoms with Gasteiger partial charge in [0.1, 0.15) is 0 Å². The van der Waals surface area contributed by atoms with E-state index < -0.39 is 0 Å². The van der Waals surface area contributed by atoms with Crippen molar-refractivity contribution in [3.63, 3.8) is 0 Å². The van der Waals surface area contributed by atoms with Crippen LogP contribution in [-0.2, 0) is 4.79 Å². The van der Waals surface area contributed by atoms with E-state index in [0.717, 1.165) is 38.9 Å². The number of nitrogens with two attached hydrogens (primary N) is 1. The molecule has 2 atom stereocenters. The number of amides is 1. The van der Waals surface area contributed by atoms with Crippen LogP contribution in [0.25, 0.3) is 0 Å². The molecule has 0 aromatic rings. The minimum absolute atomic E-state index is 0.370. The Kier molecular flexibility index (Phi) is 6.97. The molecule has 1 amide bonds. The van der Waals surface area contributed by atoms with Gasteiger partial charge in [0, 0.05) is 25.6 Å². The predicted octanol–water partition coefficient (Wildman–Crippen LogP) is 2.23. The van der Waals surface area contributed by atoms with Gasteiger partial charge in [-0.1, -0.05) is 19.8 Å². The second kappa shape index (κ2) is 8.74. The summed E-state index contributed by atoms with van der Waals surface area (Å²) in [5.41, 5.74) is 5.68. The van der Waals surface area contributed by atoms with Gasteiger partial charge in [0.15, 0.2) is 0 Å². The van der Waals surface area contributed by atoms with Crippen molar-refractivity contribution in [2.24, 2.45) is 11.7 Å². The maximum Gasteiger partial charge on any atom is 0.222 e. The molecule has 2 heterocycles. The van der Waals surface area contributed by atoms with Gasteiger partial charge in [0.25, 0.3) is 0 Å². The number of hydrogen-bond acceptors (Lipinski definition) is 3. The third-order valence-electron chi connectivity index (χ3n) is 5.21. The molecule has 2 N–H and O–H groups in total. The summed E-state index contributed by atoms with van der Waals surface area (Å²) in [5.74, 6) is 1.01. The van der Waals surface area contributed by atoms with Crippen molar-refractivity contribution >= 4 is 5.91 Å². The first-order valence-electron chi connectivity index (χ1n) is 8.96. The van der Waals surface area contributed by atoms with Crippen molar-refractivity contribution in [2.75, 3.05) is 32.7 Å². The average Bonchev–Trinajstić information content (AvgIpc) is 3.15. The highest BCUT2D eigenvalue weighted by Crippen LogP contribution is 2.23. The summed E-state index contributed by atoms with van der Waals surface area (Å²) in [6, 6.07) is 0.631. The number of nitrogens with zero attached hydrogens (tertiary/aromatic N) is 2. The van der Waals surface area contributed by atoms with Crippen molar-refractivity contribution in [3.05, 3.63) is 0 Å². The number of hydrogen-bond donors (Lipinski definition) is 1. The second-order valence-corrected chi connectivity index (χ2v) is 6.80. The highest BCUT2D eigenvalue weighted by Gasteiger charge is 2.31. The first-order chi connectivity index (χ1) is 10.2. The molecular formula is C17H33N3O. The van der Waals surface area contributed by atoms with Gasteiger partial charge >= 0.3 is 0 Å². The van der Waals surface area contributed by atoms with Crippen molar-refractivity contribution in [3.8, 4) is 0 Å². The summed E-state index contributed by atoms with van der Waals surface area (Å²) in [5, 5.41) is 0. The average molecular weight is 295 g/mol. The molecule has 0 bridgehead atoms. The van der Waals surface area contributed by atoms with E-state index in [0.29, 0.717) is 17.9 Å². The van der Waals surface area contributed by atoms with E-state index in [-0.39, 0.29) is 0 Å². The standard InChI is InChI=1S/C17H33N3O/c1-2-5-15(8-10-18)6-7-17(21)20-13-9-16(14-20)19-11-3-4-12-19/h15-16H,2-14,18H2,1H3. The molecule has 21 heavy (non-hydrogen) atoms. The number of carbonyl (C=O) groups excluding carboxylic acids is 1. The molecule has 0 aromatic carbocycles. The smallest absolute Gasteiger partial charge is 0.222 e. The molecule has 0 saturated carbocycles. The van der Waals surface area contributed by atoms with E-state index in [2.05, 4.69) is 16.7 Å². The van der Waals surface area contributed by atoms with Crippen LogP contribution >= 0.6 is 0 Å². The molecule has 2 aliphatic heterocycles. The molecule has 2 aliphatic rings. The molecule has 2 fully saturated rings. The topological polar surface area (TPSA) is 49.6 Å². The van der Waals surface area contributed by atoms with Crippen LogP contribution in [0.5, 0.6) is 0 Å². The number of rotatable bonds is 8. The van der Waals surface area contributed by atoms with Crippen LogP contribution in [0.3, 0.4) is 0 Å². The first-order valence-corrected chi connectivity index (χ1v) is 8.96. The van der Waals surface area contributed by atoms with Crippen LogP contribution in [0.4, 0.5) is 0 Å². The molecule has 122 valence electrons. The van der Waals surface area contributed by atoms with Gasteiger partial charge in [-0.15, -0.1) is 0 Å². The van der Waals surface area contributed by atoms with Crippen molar-refractivity contribution in [1.29, 1.82) is 0 Å². The molecule has 4 nitrogen and oxygen atoms in total. The Balaban J connectivity index is 1.70. The summed E-state index contributed by atoms with van der Waals surface area (Å²) in [6.07, 6.45) is 9.06. The number of carbonyl (C=O) groups is 1. The fraction of sp³-hybridized carbons (Fsp3) is 0.941. The lowest BCUT2D eigenvalue weighted by Gasteiger charge is -2.24. The van der Waals surface area contributed by atoms with E-state index in [1.165, 1.54) is 45.2 Å². The SMILES string of the molecule is CCCC(CCN)CCC(=O)N1CCC(N2CCCC2)C1. The van der Waals surface area contributed by atoms with E-state index in [4.69, 9.17) is 5.73 Å². The van der Waals surface area contributed by atoms with Crippen LogP contribution in [0.15, 0.2) is 0 Å². The lowest BCUT2D eigenvalue weighted by Crippen LogP contribution is -2.37. The van der Waals surface area contributed by atoms with Crippen LogP contribution in [0.2, 0.25) is 0 Å².